The molecule has 0 aromatic rings. The molecule has 0 aromatic heterocycles. The van der Waals surface area contributed by atoms with E-state index in [4.69, 9.17) is 15.3 Å². The number of rotatable bonds is 4. The molecule has 4 nitrogen and oxygen atoms in total. The second kappa shape index (κ2) is 3.59. The number of hydrogen-bond donors (Lipinski definition) is 3. The number of halogens is 2. The Morgan fingerprint density at radius 3 is 2.18 bits per heavy atom. The van der Waals surface area contributed by atoms with Gasteiger partial charge in [0.2, 0.25) is 6.29 Å². The van der Waals surface area contributed by atoms with Gasteiger partial charge in [-0.25, -0.2) is 8.78 Å². The molecule has 0 aliphatic carbocycles. The first-order valence-corrected chi connectivity index (χ1v) is 2.82. The van der Waals surface area contributed by atoms with Crippen LogP contribution in [0.25, 0.3) is 0 Å². The number of aliphatic hydroxyl groups excluding tert-OH is 1. The van der Waals surface area contributed by atoms with E-state index < -0.39 is 31.0 Å². The third-order valence-corrected chi connectivity index (χ3v) is 1.05. The molecular weight excluding hydrogens is 162 g/mol. The SMILES string of the molecule is O=C(O)CCC(F)(F)C(O)O. The molecule has 11 heavy (non-hydrogen) atoms. The molecule has 0 radical (unpaired) electrons. The zero-order chi connectivity index (χ0) is 9.07. The van der Waals surface area contributed by atoms with Crippen LogP contribution in [0.1, 0.15) is 12.8 Å². The van der Waals surface area contributed by atoms with Crippen molar-refractivity contribution in [2.24, 2.45) is 0 Å². The summed E-state index contributed by atoms with van der Waals surface area (Å²) in [5.41, 5.74) is 0. The highest BCUT2D eigenvalue weighted by Crippen LogP contribution is 2.22. The van der Waals surface area contributed by atoms with E-state index in [1.165, 1.54) is 0 Å². The Kier molecular flexibility index (Phi) is 3.34. The molecule has 0 saturated carbocycles. The molecule has 3 N–H and O–H groups in total. The predicted molar refractivity (Wildman–Crippen MR) is 30.0 cm³/mol. The zero-order valence-electron chi connectivity index (χ0n) is 5.50. The van der Waals surface area contributed by atoms with Gasteiger partial charge in [0, 0.05) is 6.42 Å². The van der Waals surface area contributed by atoms with Crippen molar-refractivity contribution in [3.05, 3.63) is 0 Å². The summed E-state index contributed by atoms with van der Waals surface area (Å²) in [6.07, 6.45) is -4.65. The molecule has 0 atom stereocenters. The Labute approximate surface area is 61.1 Å². The fourth-order valence-corrected chi connectivity index (χ4v) is 0.403. The van der Waals surface area contributed by atoms with E-state index in [2.05, 4.69) is 0 Å². The summed E-state index contributed by atoms with van der Waals surface area (Å²) in [4.78, 5) is 9.77. The molecule has 0 unspecified atom stereocenters. The molecule has 0 heterocycles. The maximum absolute atomic E-state index is 12.1. The topological polar surface area (TPSA) is 77.8 Å². The monoisotopic (exact) mass is 170 g/mol. The lowest BCUT2D eigenvalue weighted by atomic mass is 10.2. The van der Waals surface area contributed by atoms with Gasteiger partial charge in [0.25, 0.3) is 5.92 Å². The van der Waals surface area contributed by atoms with Crippen molar-refractivity contribution in [1.82, 2.24) is 0 Å². The predicted octanol–water partition coefficient (Wildman–Crippen LogP) is -0.203. The van der Waals surface area contributed by atoms with E-state index >= 15 is 0 Å². The average Bonchev–Trinajstić information content (AvgIpc) is 1.84. The van der Waals surface area contributed by atoms with Crippen LogP contribution < -0.4 is 0 Å². The maximum atomic E-state index is 12.1. The summed E-state index contributed by atoms with van der Waals surface area (Å²) in [7, 11) is 0. The highest BCUT2D eigenvalue weighted by atomic mass is 19.3. The van der Waals surface area contributed by atoms with Crippen LogP contribution in [0.5, 0.6) is 0 Å². The number of carboxylic acids is 1. The summed E-state index contributed by atoms with van der Waals surface area (Å²) < 4.78 is 24.3. The van der Waals surface area contributed by atoms with Gasteiger partial charge in [-0.2, -0.15) is 0 Å². The lowest BCUT2D eigenvalue weighted by Gasteiger charge is -2.16. The molecule has 0 spiro atoms. The molecule has 6 heteroatoms. The van der Waals surface area contributed by atoms with Crippen LogP contribution in [0.4, 0.5) is 8.78 Å². The molecule has 66 valence electrons. The van der Waals surface area contributed by atoms with Gasteiger partial charge in [-0.05, 0) is 0 Å². The summed E-state index contributed by atoms with van der Waals surface area (Å²) in [5, 5.41) is 24.0. The van der Waals surface area contributed by atoms with Crippen molar-refractivity contribution in [2.45, 2.75) is 25.1 Å². The normalized spacial score (nSPS) is 12.1. The number of hydrogen-bond acceptors (Lipinski definition) is 3. The number of alkyl halides is 2. The first kappa shape index (κ1) is 10.2. The Morgan fingerprint density at radius 2 is 1.91 bits per heavy atom. The number of aliphatic hydroxyl groups is 2. The van der Waals surface area contributed by atoms with Crippen LogP contribution in [-0.2, 0) is 4.79 Å². The van der Waals surface area contributed by atoms with Crippen LogP contribution >= 0.6 is 0 Å². The lowest BCUT2D eigenvalue weighted by molar-refractivity contribution is -0.212. The van der Waals surface area contributed by atoms with Crippen molar-refractivity contribution < 1.29 is 28.9 Å². The van der Waals surface area contributed by atoms with Gasteiger partial charge in [-0.1, -0.05) is 0 Å². The zero-order valence-corrected chi connectivity index (χ0v) is 5.50. The Balaban J connectivity index is 3.82. The molecular formula is C5H8F2O4. The number of carboxylic acid groups (broad SMARTS) is 1. The Morgan fingerprint density at radius 1 is 1.45 bits per heavy atom. The molecule has 0 aliphatic heterocycles. The molecule has 0 fully saturated rings. The van der Waals surface area contributed by atoms with Crippen LogP contribution in [0.3, 0.4) is 0 Å². The number of carbonyl (C=O) groups is 1. The van der Waals surface area contributed by atoms with Crippen molar-refractivity contribution in [1.29, 1.82) is 0 Å². The smallest absolute Gasteiger partial charge is 0.303 e. The van der Waals surface area contributed by atoms with Crippen LogP contribution in [0.2, 0.25) is 0 Å². The van der Waals surface area contributed by atoms with Crippen LogP contribution in [0.15, 0.2) is 0 Å². The molecule has 0 aliphatic rings. The first-order chi connectivity index (χ1) is 4.86. The van der Waals surface area contributed by atoms with Crippen LogP contribution in [0, 0.1) is 0 Å². The van der Waals surface area contributed by atoms with E-state index in [9.17, 15) is 13.6 Å². The van der Waals surface area contributed by atoms with E-state index in [0.29, 0.717) is 0 Å². The highest BCUT2D eigenvalue weighted by Gasteiger charge is 2.37. The van der Waals surface area contributed by atoms with Gasteiger partial charge >= 0.3 is 5.97 Å². The van der Waals surface area contributed by atoms with Gasteiger partial charge < -0.3 is 15.3 Å². The fourth-order valence-electron chi connectivity index (χ4n) is 0.403. The minimum absolute atomic E-state index is 0.787. The summed E-state index contributed by atoms with van der Waals surface area (Å²) in [5.74, 6) is -5.14. The second-order valence-electron chi connectivity index (χ2n) is 2.03. The first-order valence-electron chi connectivity index (χ1n) is 2.82. The highest BCUT2D eigenvalue weighted by molar-refractivity contribution is 5.66. The van der Waals surface area contributed by atoms with E-state index in [-0.39, 0.29) is 0 Å². The van der Waals surface area contributed by atoms with Gasteiger partial charge in [-0.3, -0.25) is 4.79 Å². The van der Waals surface area contributed by atoms with Crippen molar-refractivity contribution in [2.75, 3.05) is 0 Å². The standard InChI is InChI=1S/C5H8F2O4/c6-5(7,4(10)11)2-1-3(8)9/h4,10-11H,1-2H2,(H,8,9). The molecule has 0 rings (SSSR count). The van der Waals surface area contributed by atoms with E-state index in [1.807, 2.05) is 0 Å². The molecule has 0 amide bonds. The van der Waals surface area contributed by atoms with Gasteiger partial charge in [0.15, 0.2) is 0 Å². The summed E-state index contributed by atoms with van der Waals surface area (Å²) in [6.45, 7) is 0. The number of aliphatic carboxylic acids is 1. The largest absolute Gasteiger partial charge is 0.481 e. The van der Waals surface area contributed by atoms with Crippen molar-refractivity contribution in [3.8, 4) is 0 Å². The third-order valence-electron chi connectivity index (χ3n) is 1.05. The minimum Gasteiger partial charge on any atom is -0.481 e. The molecule has 0 saturated heterocycles. The summed E-state index contributed by atoms with van der Waals surface area (Å²) >= 11 is 0. The minimum atomic E-state index is -3.74. The van der Waals surface area contributed by atoms with Gasteiger partial charge in [0.1, 0.15) is 0 Å². The van der Waals surface area contributed by atoms with Crippen molar-refractivity contribution >= 4 is 5.97 Å². The summed E-state index contributed by atoms with van der Waals surface area (Å²) in [6, 6.07) is 0. The van der Waals surface area contributed by atoms with E-state index in [0.717, 1.165) is 0 Å². The van der Waals surface area contributed by atoms with Gasteiger partial charge in [-0.15, -0.1) is 0 Å². The Hall–Kier alpha value is -0.750. The fraction of sp³-hybridized carbons (Fsp3) is 0.800. The van der Waals surface area contributed by atoms with Crippen LogP contribution in [-0.4, -0.2) is 33.5 Å². The van der Waals surface area contributed by atoms with Crippen molar-refractivity contribution in [3.63, 3.8) is 0 Å². The third kappa shape index (κ3) is 3.84. The second-order valence-corrected chi connectivity index (χ2v) is 2.03. The Bertz CT molecular complexity index is 145. The maximum Gasteiger partial charge on any atom is 0.303 e. The van der Waals surface area contributed by atoms with E-state index in [1.54, 1.807) is 0 Å². The van der Waals surface area contributed by atoms with Gasteiger partial charge in [0.05, 0.1) is 6.42 Å². The quantitative estimate of drug-likeness (QED) is 0.510. The molecule has 0 bridgehead atoms. The average molecular weight is 170 g/mol. The molecule has 0 aromatic carbocycles. The lowest BCUT2D eigenvalue weighted by Crippen LogP contribution is -2.33.